The molecule has 1 aromatic carbocycles. The van der Waals surface area contributed by atoms with E-state index in [1.165, 1.54) is 21.1 Å². The van der Waals surface area contributed by atoms with Gasteiger partial charge in [0.15, 0.2) is 5.82 Å². The summed E-state index contributed by atoms with van der Waals surface area (Å²) in [6, 6.07) is 5.23. The SMILES string of the molecule is COc1cccc(OC)c1-n1c(NS(=O)(=O)[C@H](C)Cc2ncc(F)cn2)nnc1[C@H]1CCOC1. The van der Waals surface area contributed by atoms with Gasteiger partial charge in [0, 0.05) is 18.9 Å². The lowest BCUT2D eigenvalue weighted by Crippen LogP contribution is -2.29. The van der Waals surface area contributed by atoms with Crippen LogP contribution in [0.4, 0.5) is 10.3 Å². The number of aromatic nitrogens is 5. The van der Waals surface area contributed by atoms with Gasteiger partial charge in [-0.15, -0.1) is 10.2 Å². The first-order valence-corrected chi connectivity index (χ1v) is 12.1. The van der Waals surface area contributed by atoms with E-state index >= 15 is 0 Å². The van der Waals surface area contributed by atoms with E-state index in [0.717, 1.165) is 12.4 Å². The van der Waals surface area contributed by atoms with Crippen molar-refractivity contribution in [2.75, 3.05) is 32.2 Å². The minimum atomic E-state index is -3.96. The number of anilines is 1. The lowest BCUT2D eigenvalue weighted by molar-refractivity contribution is 0.193. The monoisotopic (exact) mass is 492 g/mol. The van der Waals surface area contributed by atoms with Gasteiger partial charge in [-0.3, -0.25) is 9.29 Å². The topological polar surface area (TPSA) is 130 Å². The molecule has 1 N–H and O–H groups in total. The van der Waals surface area contributed by atoms with Crippen LogP contribution in [-0.2, 0) is 21.2 Å². The average molecular weight is 493 g/mol. The van der Waals surface area contributed by atoms with Crippen molar-refractivity contribution in [1.82, 2.24) is 24.7 Å². The van der Waals surface area contributed by atoms with Gasteiger partial charge in [-0.05, 0) is 25.5 Å². The zero-order valence-corrected chi connectivity index (χ0v) is 19.7. The number of para-hydroxylation sites is 1. The first kappa shape index (κ1) is 23.8. The van der Waals surface area contributed by atoms with E-state index in [1.807, 2.05) is 0 Å². The molecule has 0 saturated carbocycles. The molecule has 0 amide bonds. The minimum absolute atomic E-state index is 0.0171. The van der Waals surface area contributed by atoms with Gasteiger partial charge in [0.1, 0.15) is 28.8 Å². The van der Waals surface area contributed by atoms with E-state index in [0.29, 0.717) is 42.6 Å². The fourth-order valence-electron chi connectivity index (χ4n) is 3.68. The van der Waals surface area contributed by atoms with Gasteiger partial charge in [-0.2, -0.15) is 0 Å². The molecule has 3 heterocycles. The third kappa shape index (κ3) is 4.80. The van der Waals surface area contributed by atoms with Crippen molar-refractivity contribution in [3.63, 3.8) is 0 Å². The molecule has 11 nitrogen and oxygen atoms in total. The van der Waals surface area contributed by atoms with Gasteiger partial charge in [0.05, 0.1) is 38.5 Å². The van der Waals surface area contributed by atoms with Crippen molar-refractivity contribution < 1.29 is 27.0 Å². The number of rotatable bonds is 9. The summed E-state index contributed by atoms with van der Waals surface area (Å²) in [7, 11) is -0.942. The van der Waals surface area contributed by atoms with E-state index in [9.17, 15) is 12.8 Å². The van der Waals surface area contributed by atoms with Gasteiger partial charge >= 0.3 is 0 Å². The molecule has 3 aromatic rings. The molecule has 0 bridgehead atoms. The van der Waals surface area contributed by atoms with Crippen LogP contribution in [-0.4, -0.2) is 65.8 Å². The minimum Gasteiger partial charge on any atom is -0.494 e. The zero-order chi connectivity index (χ0) is 24.3. The largest absolute Gasteiger partial charge is 0.494 e. The number of hydrogen-bond acceptors (Lipinski definition) is 9. The number of hydrogen-bond donors (Lipinski definition) is 1. The van der Waals surface area contributed by atoms with E-state index in [-0.39, 0.29) is 24.1 Å². The first-order chi connectivity index (χ1) is 16.3. The third-order valence-corrected chi connectivity index (χ3v) is 7.21. The summed E-state index contributed by atoms with van der Waals surface area (Å²) < 4.78 is 60.2. The van der Waals surface area contributed by atoms with Crippen LogP contribution in [0.25, 0.3) is 5.69 Å². The van der Waals surface area contributed by atoms with Crippen molar-refractivity contribution >= 4 is 16.0 Å². The summed E-state index contributed by atoms with van der Waals surface area (Å²) in [5.74, 6) is 0.921. The maximum absolute atomic E-state index is 13.2. The molecular weight excluding hydrogens is 467 g/mol. The van der Waals surface area contributed by atoms with Gasteiger partial charge in [-0.25, -0.2) is 22.8 Å². The number of methoxy groups -OCH3 is 2. The van der Waals surface area contributed by atoms with Crippen LogP contribution < -0.4 is 14.2 Å². The summed E-state index contributed by atoms with van der Waals surface area (Å²) in [6.45, 7) is 2.50. The lowest BCUT2D eigenvalue weighted by Gasteiger charge is -2.20. The van der Waals surface area contributed by atoms with Crippen LogP contribution >= 0.6 is 0 Å². The van der Waals surface area contributed by atoms with Crippen LogP contribution in [0.1, 0.15) is 30.9 Å². The molecular formula is C21H25FN6O5S. The number of sulfonamides is 1. The van der Waals surface area contributed by atoms with E-state index in [1.54, 1.807) is 22.8 Å². The molecule has 34 heavy (non-hydrogen) atoms. The van der Waals surface area contributed by atoms with Crippen LogP contribution in [0, 0.1) is 5.82 Å². The number of benzene rings is 1. The molecule has 0 aliphatic carbocycles. The van der Waals surface area contributed by atoms with Gasteiger partial charge in [0.2, 0.25) is 16.0 Å². The Morgan fingerprint density at radius 3 is 2.47 bits per heavy atom. The Bertz CT molecular complexity index is 1220. The number of ether oxygens (including phenoxy) is 3. The average Bonchev–Trinajstić information content (AvgIpc) is 3.49. The van der Waals surface area contributed by atoms with Gasteiger partial charge in [0.25, 0.3) is 0 Å². The van der Waals surface area contributed by atoms with Crippen molar-refractivity contribution in [1.29, 1.82) is 0 Å². The summed E-state index contributed by atoms with van der Waals surface area (Å²) in [5, 5.41) is 7.50. The molecule has 0 unspecified atom stereocenters. The molecule has 1 saturated heterocycles. The second kappa shape index (κ2) is 9.89. The van der Waals surface area contributed by atoms with Crippen LogP contribution in [0.15, 0.2) is 30.6 Å². The van der Waals surface area contributed by atoms with Crippen molar-refractivity contribution in [3.05, 3.63) is 48.1 Å². The van der Waals surface area contributed by atoms with Crippen LogP contribution in [0.2, 0.25) is 0 Å². The highest BCUT2D eigenvalue weighted by Crippen LogP contribution is 2.38. The van der Waals surface area contributed by atoms with Crippen LogP contribution in [0.3, 0.4) is 0 Å². The standard InChI is InChI=1S/C21H25FN6O5S/c1-13(9-18-23-10-15(22)11-24-18)34(29,30)27-21-26-25-20(14-7-8-33-12-14)28(21)19-16(31-2)5-4-6-17(19)32-3/h4-6,10-11,13-14H,7-9,12H2,1-3H3,(H,26,27)/t13-,14+/m1/s1. The summed E-state index contributed by atoms with van der Waals surface area (Å²) in [6.07, 6.45) is 2.68. The molecule has 0 radical (unpaired) electrons. The third-order valence-electron chi connectivity index (χ3n) is 5.52. The van der Waals surface area contributed by atoms with Crippen molar-refractivity contribution in [2.45, 2.75) is 30.9 Å². The Kier molecular flexibility index (Phi) is 6.93. The Balaban J connectivity index is 1.73. The summed E-state index contributed by atoms with van der Waals surface area (Å²) in [5.41, 5.74) is 0.464. The smallest absolute Gasteiger partial charge is 0.243 e. The van der Waals surface area contributed by atoms with Gasteiger partial charge in [-0.1, -0.05) is 6.07 Å². The molecule has 4 rings (SSSR count). The fraction of sp³-hybridized carbons (Fsp3) is 0.429. The quantitative estimate of drug-likeness (QED) is 0.477. The van der Waals surface area contributed by atoms with Crippen LogP contribution in [0.5, 0.6) is 11.5 Å². The second-order valence-electron chi connectivity index (χ2n) is 7.77. The number of halogens is 1. The Hall–Kier alpha value is -3.32. The molecule has 2 aromatic heterocycles. The van der Waals surface area contributed by atoms with Crippen molar-refractivity contribution in [3.8, 4) is 17.2 Å². The molecule has 1 aliphatic rings. The maximum Gasteiger partial charge on any atom is 0.243 e. The first-order valence-electron chi connectivity index (χ1n) is 10.6. The van der Waals surface area contributed by atoms with E-state index in [4.69, 9.17) is 14.2 Å². The Morgan fingerprint density at radius 1 is 1.21 bits per heavy atom. The number of nitrogens with one attached hydrogen (secondary N) is 1. The fourth-order valence-corrected chi connectivity index (χ4v) is 4.63. The molecule has 1 fully saturated rings. The Morgan fingerprint density at radius 2 is 1.88 bits per heavy atom. The van der Waals surface area contributed by atoms with E-state index < -0.39 is 21.1 Å². The molecule has 1 aliphatic heterocycles. The highest BCUT2D eigenvalue weighted by Gasteiger charge is 2.31. The normalized spacial score (nSPS) is 16.9. The van der Waals surface area contributed by atoms with E-state index in [2.05, 4.69) is 24.9 Å². The maximum atomic E-state index is 13.2. The predicted molar refractivity (Wildman–Crippen MR) is 120 cm³/mol. The highest BCUT2D eigenvalue weighted by atomic mass is 32.2. The predicted octanol–water partition coefficient (Wildman–Crippen LogP) is 2.09. The summed E-state index contributed by atoms with van der Waals surface area (Å²) >= 11 is 0. The van der Waals surface area contributed by atoms with Crippen molar-refractivity contribution in [2.24, 2.45) is 0 Å². The molecule has 13 heteroatoms. The molecule has 0 spiro atoms. The number of nitrogens with zero attached hydrogens (tertiary/aromatic N) is 5. The molecule has 2 atom stereocenters. The second-order valence-corrected chi connectivity index (χ2v) is 9.87. The summed E-state index contributed by atoms with van der Waals surface area (Å²) in [4.78, 5) is 7.69. The zero-order valence-electron chi connectivity index (χ0n) is 18.9. The lowest BCUT2D eigenvalue weighted by atomic mass is 10.1. The highest BCUT2D eigenvalue weighted by molar-refractivity contribution is 7.93. The Labute approximate surface area is 196 Å². The molecule has 182 valence electrons. The van der Waals surface area contributed by atoms with Gasteiger partial charge < -0.3 is 14.2 Å².